The fourth-order valence-electron chi connectivity index (χ4n) is 2.38. The predicted molar refractivity (Wildman–Crippen MR) is 69.1 cm³/mol. The summed E-state index contributed by atoms with van der Waals surface area (Å²) in [6, 6.07) is 0. The summed E-state index contributed by atoms with van der Waals surface area (Å²) in [6.45, 7) is 7.92. The van der Waals surface area contributed by atoms with E-state index in [1.807, 2.05) is 13.8 Å². The third-order valence-corrected chi connectivity index (χ3v) is 4.13. The highest BCUT2D eigenvalue weighted by atomic mass is 16.5. The van der Waals surface area contributed by atoms with E-state index < -0.39 is 5.60 Å². The molecule has 3 heteroatoms. The van der Waals surface area contributed by atoms with Crippen LogP contribution in [-0.4, -0.2) is 48.0 Å². The summed E-state index contributed by atoms with van der Waals surface area (Å²) in [4.78, 5) is 2.38. The quantitative estimate of drug-likeness (QED) is 0.772. The number of β-amino-alcohol motifs (C(OH)–C–C–N with tert-alkyl or cyclic N) is 1. The van der Waals surface area contributed by atoms with Crippen LogP contribution in [0.1, 0.15) is 46.0 Å². The molecule has 2 rings (SSSR count). The van der Waals surface area contributed by atoms with E-state index in [1.165, 1.54) is 12.8 Å². The number of ether oxygens (including phenoxy) is 1. The summed E-state index contributed by atoms with van der Waals surface area (Å²) >= 11 is 0. The predicted octanol–water partition coefficient (Wildman–Crippen LogP) is 2.04. The molecular formula is C14H27NO2. The largest absolute Gasteiger partial charge is 0.389 e. The van der Waals surface area contributed by atoms with E-state index in [1.54, 1.807) is 0 Å². The highest BCUT2D eigenvalue weighted by Crippen LogP contribution is 2.30. The molecule has 0 amide bonds. The lowest BCUT2D eigenvalue weighted by atomic mass is 10.0. The topological polar surface area (TPSA) is 32.7 Å². The zero-order valence-corrected chi connectivity index (χ0v) is 11.3. The third kappa shape index (κ3) is 4.57. The van der Waals surface area contributed by atoms with Gasteiger partial charge in [0.1, 0.15) is 0 Å². The maximum Gasteiger partial charge on any atom is 0.0743 e. The Morgan fingerprint density at radius 1 is 1.24 bits per heavy atom. The van der Waals surface area contributed by atoms with Crippen LogP contribution >= 0.6 is 0 Å². The van der Waals surface area contributed by atoms with Gasteiger partial charge in [0.15, 0.2) is 0 Å². The average molecular weight is 241 g/mol. The molecule has 2 aliphatic rings. The van der Waals surface area contributed by atoms with Crippen LogP contribution < -0.4 is 0 Å². The zero-order valence-electron chi connectivity index (χ0n) is 11.3. The van der Waals surface area contributed by atoms with Crippen LogP contribution in [0.25, 0.3) is 0 Å². The number of piperidine rings is 1. The van der Waals surface area contributed by atoms with Crippen molar-refractivity contribution in [3.05, 3.63) is 0 Å². The zero-order chi connectivity index (χ0) is 12.3. The number of rotatable bonds is 6. The average Bonchev–Trinajstić information content (AvgIpc) is 3.12. The Morgan fingerprint density at radius 3 is 2.41 bits per heavy atom. The Labute approximate surface area is 105 Å². The van der Waals surface area contributed by atoms with E-state index in [4.69, 9.17) is 4.74 Å². The first kappa shape index (κ1) is 13.3. The summed E-state index contributed by atoms with van der Waals surface area (Å²) in [5.41, 5.74) is -0.526. The smallest absolute Gasteiger partial charge is 0.0743 e. The first-order valence-electron chi connectivity index (χ1n) is 7.15. The van der Waals surface area contributed by atoms with Crippen molar-refractivity contribution in [3.8, 4) is 0 Å². The van der Waals surface area contributed by atoms with Crippen molar-refractivity contribution in [2.45, 2.75) is 57.7 Å². The fraction of sp³-hybridized carbons (Fsp3) is 1.00. The summed E-state index contributed by atoms with van der Waals surface area (Å²) in [5, 5.41) is 10.1. The monoisotopic (exact) mass is 241 g/mol. The van der Waals surface area contributed by atoms with E-state index in [9.17, 15) is 5.11 Å². The first-order chi connectivity index (χ1) is 8.09. The minimum absolute atomic E-state index is 0.471. The molecule has 0 aromatic heterocycles. The highest BCUT2D eigenvalue weighted by molar-refractivity contribution is 4.81. The molecule has 100 valence electrons. The molecule has 1 heterocycles. The second kappa shape index (κ2) is 5.68. The Balaban J connectivity index is 1.63. The van der Waals surface area contributed by atoms with Crippen molar-refractivity contribution in [2.24, 2.45) is 5.92 Å². The van der Waals surface area contributed by atoms with E-state index in [0.717, 1.165) is 51.4 Å². The number of aliphatic hydroxyl groups is 1. The van der Waals surface area contributed by atoms with Gasteiger partial charge in [0.25, 0.3) is 0 Å². The lowest BCUT2D eigenvalue weighted by Gasteiger charge is -2.36. The van der Waals surface area contributed by atoms with Gasteiger partial charge in [-0.2, -0.15) is 0 Å². The molecule has 0 aromatic carbocycles. The lowest BCUT2D eigenvalue weighted by molar-refractivity contribution is -0.0278. The number of hydrogen-bond donors (Lipinski definition) is 1. The molecule has 1 N–H and O–H groups in total. The first-order valence-corrected chi connectivity index (χ1v) is 7.15. The van der Waals surface area contributed by atoms with Crippen molar-refractivity contribution in [1.82, 2.24) is 4.90 Å². The third-order valence-electron chi connectivity index (χ3n) is 4.13. The number of hydrogen-bond acceptors (Lipinski definition) is 3. The van der Waals surface area contributed by atoms with Crippen LogP contribution in [0.4, 0.5) is 0 Å². The Hall–Kier alpha value is -0.120. The van der Waals surface area contributed by atoms with Gasteiger partial charge < -0.3 is 14.7 Å². The van der Waals surface area contributed by atoms with Crippen molar-refractivity contribution in [3.63, 3.8) is 0 Å². The van der Waals surface area contributed by atoms with Crippen LogP contribution in [0, 0.1) is 5.92 Å². The van der Waals surface area contributed by atoms with E-state index in [-0.39, 0.29) is 0 Å². The van der Waals surface area contributed by atoms with Crippen molar-refractivity contribution in [2.75, 3.05) is 26.2 Å². The van der Waals surface area contributed by atoms with Gasteiger partial charge in [0.2, 0.25) is 0 Å². The van der Waals surface area contributed by atoms with Crippen LogP contribution in [0.5, 0.6) is 0 Å². The highest BCUT2D eigenvalue weighted by Gasteiger charge is 2.28. The summed E-state index contributed by atoms with van der Waals surface area (Å²) < 4.78 is 5.92. The van der Waals surface area contributed by atoms with E-state index >= 15 is 0 Å². The Bertz CT molecular complexity index is 230. The molecule has 1 saturated heterocycles. The van der Waals surface area contributed by atoms with Crippen molar-refractivity contribution < 1.29 is 9.84 Å². The van der Waals surface area contributed by atoms with Gasteiger partial charge >= 0.3 is 0 Å². The summed E-state index contributed by atoms with van der Waals surface area (Å²) in [5.74, 6) is 0.869. The Kier molecular flexibility index (Phi) is 4.45. The minimum atomic E-state index is -0.526. The summed E-state index contributed by atoms with van der Waals surface area (Å²) in [7, 11) is 0. The molecule has 2 fully saturated rings. The van der Waals surface area contributed by atoms with Gasteiger partial charge in [-0.05, 0) is 44.9 Å². The second-order valence-corrected chi connectivity index (χ2v) is 6.10. The van der Waals surface area contributed by atoms with Crippen LogP contribution in [0.15, 0.2) is 0 Å². The fourth-order valence-corrected chi connectivity index (χ4v) is 2.38. The van der Waals surface area contributed by atoms with Gasteiger partial charge in [-0.15, -0.1) is 0 Å². The maximum atomic E-state index is 10.1. The van der Waals surface area contributed by atoms with Gasteiger partial charge in [0.05, 0.1) is 11.7 Å². The Morgan fingerprint density at radius 2 is 1.88 bits per heavy atom. The van der Waals surface area contributed by atoms with Crippen LogP contribution in [0.2, 0.25) is 0 Å². The van der Waals surface area contributed by atoms with E-state index in [2.05, 4.69) is 4.90 Å². The molecule has 0 radical (unpaired) electrons. The normalized spacial score (nSPS) is 27.0. The molecule has 1 aliphatic heterocycles. The molecule has 0 aromatic rings. The molecule has 0 spiro atoms. The van der Waals surface area contributed by atoms with Gasteiger partial charge in [-0.25, -0.2) is 0 Å². The van der Waals surface area contributed by atoms with Crippen molar-refractivity contribution in [1.29, 1.82) is 0 Å². The second-order valence-electron chi connectivity index (χ2n) is 6.10. The number of likely N-dealkylation sites (tertiary alicyclic amines) is 1. The van der Waals surface area contributed by atoms with Gasteiger partial charge in [-0.1, -0.05) is 6.92 Å². The SMILES string of the molecule is CC[C@@](C)(O)CN1CCC(OCC2CC2)CC1. The molecule has 3 nitrogen and oxygen atoms in total. The molecule has 17 heavy (non-hydrogen) atoms. The molecule has 1 aliphatic carbocycles. The summed E-state index contributed by atoms with van der Waals surface area (Å²) in [6.07, 6.45) is 6.30. The van der Waals surface area contributed by atoms with Gasteiger partial charge in [0, 0.05) is 26.2 Å². The molecule has 0 bridgehead atoms. The molecule has 1 atom stereocenters. The lowest BCUT2D eigenvalue weighted by Crippen LogP contribution is -2.45. The molecule has 1 saturated carbocycles. The number of nitrogens with zero attached hydrogens (tertiary/aromatic N) is 1. The van der Waals surface area contributed by atoms with Crippen LogP contribution in [0.3, 0.4) is 0 Å². The standard InChI is InChI=1S/C14H27NO2/c1-3-14(2,16)11-15-8-6-13(7-9-15)17-10-12-4-5-12/h12-13,16H,3-11H2,1-2H3/t14-/m1/s1. The van der Waals surface area contributed by atoms with Gasteiger partial charge in [-0.3, -0.25) is 0 Å². The minimum Gasteiger partial charge on any atom is -0.389 e. The van der Waals surface area contributed by atoms with Crippen molar-refractivity contribution >= 4 is 0 Å². The van der Waals surface area contributed by atoms with E-state index in [0.29, 0.717) is 6.10 Å². The molecular weight excluding hydrogens is 214 g/mol. The van der Waals surface area contributed by atoms with Crippen LogP contribution in [-0.2, 0) is 4.74 Å². The molecule has 0 unspecified atom stereocenters. The maximum absolute atomic E-state index is 10.1.